The van der Waals surface area contributed by atoms with Gasteiger partial charge < -0.3 is 5.32 Å². The lowest BCUT2D eigenvalue weighted by molar-refractivity contribution is 0.116. The highest BCUT2D eigenvalue weighted by molar-refractivity contribution is 5.21. The molecule has 1 aromatic carbocycles. The normalized spacial score (nSPS) is 15.2. The third kappa shape index (κ3) is 4.32. The minimum absolute atomic E-state index is 0.388. The van der Waals surface area contributed by atoms with Crippen LogP contribution in [-0.2, 0) is 0 Å². The third-order valence-corrected chi connectivity index (χ3v) is 3.89. The summed E-state index contributed by atoms with van der Waals surface area (Å²) < 4.78 is 0. The summed E-state index contributed by atoms with van der Waals surface area (Å²) in [7, 11) is 2.24. The molecule has 0 spiro atoms. The van der Waals surface area contributed by atoms with Gasteiger partial charge in [0.05, 0.1) is 0 Å². The molecule has 0 fully saturated rings. The van der Waals surface area contributed by atoms with Crippen LogP contribution < -0.4 is 5.32 Å². The summed E-state index contributed by atoms with van der Waals surface area (Å²) in [6.45, 7) is 12.3. The molecule has 0 saturated carbocycles. The molecule has 0 saturated heterocycles. The van der Waals surface area contributed by atoms with Gasteiger partial charge in [0, 0.05) is 18.1 Å². The van der Waals surface area contributed by atoms with Gasteiger partial charge in [-0.3, -0.25) is 4.90 Å². The second-order valence-corrected chi connectivity index (χ2v) is 5.94. The number of nitrogens with zero attached hydrogens (tertiary/aromatic N) is 1. The van der Waals surface area contributed by atoms with Crippen LogP contribution in [0.1, 0.15) is 46.2 Å². The largest absolute Gasteiger partial charge is 0.309 e. The standard InChI is InChI=1S/C17H30N2/c1-7-18-16(15-11-9-8-10-12-15)17(13(2)3)19(6)14(4)5/h8-14,16-18H,7H2,1-6H3. The van der Waals surface area contributed by atoms with Gasteiger partial charge in [-0.2, -0.15) is 0 Å². The fraction of sp³-hybridized carbons (Fsp3) is 0.647. The Balaban J connectivity index is 3.06. The van der Waals surface area contributed by atoms with E-state index < -0.39 is 0 Å². The second kappa shape index (κ2) is 7.66. The van der Waals surface area contributed by atoms with Crippen molar-refractivity contribution in [3.8, 4) is 0 Å². The summed E-state index contributed by atoms with van der Waals surface area (Å²) in [4.78, 5) is 2.49. The van der Waals surface area contributed by atoms with Crippen LogP contribution in [0.3, 0.4) is 0 Å². The van der Waals surface area contributed by atoms with E-state index in [9.17, 15) is 0 Å². The van der Waals surface area contributed by atoms with Gasteiger partial charge in [0.25, 0.3) is 0 Å². The Morgan fingerprint density at radius 3 is 2.05 bits per heavy atom. The Kier molecular flexibility index (Phi) is 6.53. The maximum absolute atomic E-state index is 3.67. The Hall–Kier alpha value is -0.860. The van der Waals surface area contributed by atoms with Crippen LogP contribution >= 0.6 is 0 Å². The van der Waals surface area contributed by atoms with Gasteiger partial charge in [-0.1, -0.05) is 51.1 Å². The zero-order valence-corrected chi connectivity index (χ0v) is 13.4. The fourth-order valence-electron chi connectivity index (χ4n) is 2.75. The number of hydrogen-bond acceptors (Lipinski definition) is 2. The molecule has 1 rings (SSSR count). The van der Waals surface area contributed by atoms with E-state index in [4.69, 9.17) is 0 Å². The molecule has 0 amide bonds. The van der Waals surface area contributed by atoms with Gasteiger partial charge in [0.2, 0.25) is 0 Å². The van der Waals surface area contributed by atoms with Crippen molar-refractivity contribution < 1.29 is 0 Å². The van der Waals surface area contributed by atoms with Gasteiger partial charge in [0.15, 0.2) is 0 Å². The lowest BCUT2D eigenvalue weighted by Gasteiger charge is -2.40. The summed E-state index contributed by atoms with van der Waals surface area (Å²) in [5, 5.41) is 3.67. The molecule has 0 heterocycles. The Labute approximate surface area is 119 Å². The molecule has 0 radical (unpaired) electrons. The molecule has 0 aliphatic carbocycles. The van der Waals surface area contributed by atoms with Crippen LogP contribution in [0.4, 0.5) is 0 Å². The van der Waals surface area contributed by atoms with Crippen molar-refractivity contribution in [3.63, 3.8) is 0 Å². The van der Waals surface area contributed by atoms with Crippen molar-refractivity contribution in [1.29, 1.82) is 0 Å². The number of likely N-dealkylation sites (N-methyl/N-ethyl adjacent to an activating group) is 2. The van der Waals surface area contributed by atoms with Gasteiger partial charge >= 0.3 is 0 Å². The fourth-order valence-corrected chi connectivity index (χ4v) is 2.75. The summed E-state index contributed by atoms with van der Waals surface area (Å²) in [5.74, 6) is 0.608. The number of rotatable bonds is 7. The van der Waals surface area contributed by atoms with Crippen LogP contribution in [0.25, 0.3) is 0 Å². The van der Waals surface area contributed by atoms with E-state index in [0.717, 1.165) is 6.54 Å². The van der Waals surface area contributed by atoms with E-state index in [1.54, 1.807) is 0 Å². The highest BCUT2D eigenvalue weighted by atomic mass is 15.2. The highest BCUT2D eigenvalue weighted by Crippen LogP contribution is 2.27. The average Bonchev–Trinajstić information content (AvgIpc) is 2.38. The molecular formula is C17H30N2. The quantitative estimate of drug-likeness (QED) is 0.806. The smallest absolute Gasteiger partial charge is 0.0480 e. The first-order valence-electron chi connectivity index (χ1n) is 7.49. The topological polar surface area (TPSA) is 15.3 Å². The number of benzene rings is 1. The summed E-state index contributed by atoms with van der Waals surface area (Å²) in [6.07, 6.45) is 0. The molecule has 2 heteroatoms. The van der Waals surface area contributed by atoms with Gasteiger partial charge in [-0.15, -0.1) is 0 Å². The van der Waals surface area contributed by atoms with Crippen molar-refractivity contribution in [1.82, 2.24) is 10.2 Å². The van der Waals surface area contributed by atoms with Crippen molar-refractivity contribution >= 4 is 0 Å². The van der Waals surface area contributed by atoms with Crippen LogP contribution in [0.5, 0.6) is 0 Å². The molecule has 0 aromatic heterocycles. The van der Waals surface area contributed by atoms with E-state index in [-0.39, 0.29) is 0 Å². The zero-order chi connectivity index (χ0) is 14.4. The van der Waals surface area contributed by atoms with E-state index >= 15 is 0 Å². The van der Waals surface area contributed by atoms with Crippen molar-refractivity contribution in [3.05, 3.63) is 35.9 Å². The Morgan fingerprint density at radius 1 is 1.05 bits per heavy atom. The van der Waals surface area contributed by atoms with Crippen LogP contribution in [0, 0.1) is 5.92 Å². The molecule has 0 bridgehead atoms. The third-order valence-electron chi connectivity index (χ3n) is 3.89. The average molecular weight is 262 g/mol. The van der Waals surface area contributed by atoms with Gasteiger partial charge in [-0.25, -0.2) is 0 Å². The summed E-state index contributed by atoms with van der Waals surface area (Å²) >= 11 is 0. The van der Waals surface area contributed by atoms with Crippen molar-refractivity contribution in [2.45, 2.75) is 52.7 Å². The van der Waals surface area contributed by atoms with Gasteiger partial charge in [-0.05, 0) is 38.9 Å². The number of hydrogen-bond donors (Lipinski definition) is 1. The molecule has 1 aromatic rings. The first-order chi connectivity index (χ1) is 8.99. The molecule has 108 valence electrons. The molecule has 2 unspecified atom stereocenters. The van der Waals surface area contributed by atoms with Crippen LogP contribution in [-0.4, -0.2) is 30.6 Å². The molecule has 0 aliphatic rings. The maximum Gasteiger partial charge on any atom is 0.0480 e. The molecular weight excluding hydrogens is 232 g/mol. The van der Waals surface area contributed by atoms with Crippen molar-refractivity contribution in [2.75, 3.05) is 13.6 Å². The van der Waals surface area contributed by atoms with E-state index in [0.29, 0.717) is 24.0 Å². The van der Waals surface area contributed by atoms with E-state index in [2.05, 4.69) is 82.2 Å². The minimum Gasteiger partial charge on any atom is -0.309 e. The van der Waals surface area contributed by atoms with Crippen LogP contribution in [0.2, 0.25) is 0 Å². The first-order valence-corrected chi connectivity index (χ1v) is 7.49. The molecule has 19 heavy (non-hydrogen) atoms. The summed E-state index contributed by atoms with van der Waals surface area (Å²) in [5.41, 5.74) is 1.38. The van der Waals surface area contributed by atoms with E-state index in [1.807, 2.05) is 0 Å². The highest BCUT2D eigenvalue weighted by Gasteiger charge is 2.29. The predicted octanol–water partition coefficient (Wildman–Crippen LogP) is 3.70. The minimum atomic E-state index is 0.388. The molecule has 2 nitrogen and oxygen atoms in total. The first kappa shape index (κ1) is 16.2. The van der Waals surface area contributed by atoms with E-state index in [1.165, 1.54) is 5.56 Å². The predicted molar refractivity (Wildman–Crippen MR) is 84.4 cm³/mol. The van der Waals surface area contributed by atoms with Gasteiger partial charge in [0.1, 0.15) is 0 Å². The SMILES string of the molecule is CCNC(c1ccccc1)C(C(C)C)N(C)C(C)C. The zero-order valence-electron chi connectivity index (χ0n) is 13.4. The lowest BCUT2D eigenvalue weighted by atomic mass is 9.89. The lowest BCUT2D eigenvalue weighted by Crippen LogP contribution is -2.48. The second-order valence-electron chi connectivity index (χ2n) is 5.94. The van der Waals surface area contributed by atoms with Crippen molar-refractivity contribution in [2.24, 2.45) is 5.92 Å². The monoisotopic (exact) mass is 262 g/mol. The molecule has 1 N–H and O–H groups in total. The Bertz CT molecular complexity index is 346. The Morgan fingerprint density at radius 2 is 1.63 bits per heavy atom. The van der Waals surface area contributed by atoms with Crippen LogP contribution in [0.15, 0.2) is 30.3 Å². The molecule has 0 aliphatic heterocycles. The maximum atomic E-state index is 3.67. The number of nitrogens with one attached hydrogen (secondary N) is 1. The summed E-state index contributed by atoms with van der Waals surface area (Å²) in [6, 6.07) is 12.3. The molecule has 2 atom stereocenters.